The molecule has 0 aliphatic carbocycles. The van der Waals surface area contributed by atoms with Gasteiger partial charge in [-0.25, -0.2) is 4.39 Å². The number of nitrogens with one attached hydrogen (secondary N) is 1. The summed E-state index contributed by atoms with van der Waals surface area (Å²) >= 11 is 0. The Morgan fingerprint density at radius 1 is 1.24 bits per heavy atom. The number of hydrogen-bond donors (Lipinski definition) is 3. The van der Waals surface area contributed by atoms with Crippen LogP contribution in [-0.4, -0.2) is 17.6 Å². The zero-order valence-electron chi connectivity index (χ0n) is 11.4. The van der Waals surface area contributed by atoms with Gasteiger partial charge in [-0.2, -0.15) is 0 Å². The summed E-state index contributed by atoms with van der Waals surface area (Å²) in [6, 6.07) is 12.7. The number of aromatic hydroxyl groups is 1. The first-order valence-corrected chi connectivity index (χ1v) is 6.65. The van der Waals surface area contributed by atoms with Crippen molar-refractivity contribution in [2.75, 3.05) is 6.54 Å². The summed E-state index contributed by atoms with van der Waals surface area (Å²) in [5.74, 6) is -1.41. The zero-order valence-corrected chi connectivity index (χ0v) is 11.4. The predicted octanol–water partition coefficient (Wildman–Crippen LogP) is 2.35. The highest BCUT2D eigenvalue weighted by atomic mass is 19.1. The quantitative estimate of drug-likeness (QED) is 0.790. The van der Waals surface area contributed by atoms with Crippen molar-refractivity contribution in [3.05, 3.63) is 65.5 Å². The van der Waals surface area contributed by atoms with Crippen LogP contribution in [0.3, 0.4) is 0 Å². The third-order valence-corrected chi connectivity index (χ3v) is 3.17. The van der Waals surface area contributed by atoms with Crippen LogP contribution in [0.1, 0.15) is 28.4 Å². The summed E-state index contributed by atoms with van der Waals surface area (Å²) in [6.07, 6.45) is 0.567. The minimum atomic E-state index is -0.588. The van der Waals surface area contributed by atoms with E-state index in [9.17, 15) is 14.3 Å². The molecule has 2 rings (SSSR count). The maximum atomic E-state index is 12.8. The minimum Gasteiger partial charge on any atom is -0.507 e. The van der Waals surface area contributed by atoms with E-state index in [-0.39, 0.29) is 17.4 Å². The van der Waals surface area contributed by atoms with Gasteiger partial charge in [0, 0.05) is 18.7 Å². The molecule has 0 aromatic heterocycles. The van der Waals surface area contributed by atoms with E-state index in [0.29, 0.717) is 13.0 Å². The average Bonchev–Trinajstić information content (AvgIpc) is 2.47. The first kappa shape index (κ1) is 15.0. The Labute approximate surface area is 122 Å². The van der Waals surface area contributed by atoms with Gasteiger partial charge in [0.2, 0.25) is 0 Å². The first-order chi connectivity index (χ1) is 10.1. The molecule has 0 saturated heterocycles. The molecule has 0 saturated carbocycles. The first-order valence-electron chi connectivity index (χ1n) is 6.65. The van der Waals surface area contributed by atoms with E-state index in [1.54, 1.807) is 0 Å². The number of phenols is 1. The summed E-state index contributed by atoms with van der Waals surface area (Å²) in [7, 11) is 0. The Balaban J connectivity index is 1.87. The lowest BCUT2D eigenvalue weighted by Crippen LogP contribution is -2.27. The van der Waals surface area contributed by atoms with Crippen LogP contribution in [0.2, 0.25) is 0 Å². The smallest absolute Gasteiger partial charge is 0.255 e. The van der Waals surface area contributed by atoms with Gasteiger partial charge in [0.25, 0.3) is 5.91 Å². The molecule has 110 valence electrons. The van der Waals surface area contributed by atoms with Gasteiger partial charge >= 0.3 is 0 Å². The van der Waals surface area contributed by atoms with Crippen molar-refractivity contribution in [1.82, 2.24) is 5.32 Å². The Bertz CT molecular complexity index is 617. The number of carbonyl (C=O) groups is 1. The Morgan fingerprint density at radius 3 is 2.62 bits per heavy atom. The molecule has 4 N–H and O–H groups in total. The lowest BCUT2D eigenvalue weighted by molar-refractivity contribution is 0.0950. The Kier molecular flexibility index (Phi) is 4.90. The van der Waals surface area contributed by atoms with Crippen LogP contribution in [0.4, 0.5) is 4.39 Å². The SMILES string of the molecule is NC(CCNC(=O)c1ccc(F)cc1O)c1ccccc1. The molecular weight excluding hydrogens is 271 g/mol. The van der Waals surface area contributed by atoms with Crippen molar-refractivity contribution in [3.8, 4) is 5.75 Å². The van der Waals surface area contributed by atoms with Crippen molar-refractivity contribution in [3.63, 3.8) is 0 Å². The fourth-order valence-electron chi connectivity index (χ4n) is 2.00. The van der Waals surface area contributed by atoms with Gasteiger partial charge in [0.15, 0.2) is 0 Å². The van der Waals surface area contributed by atoms with E-state index in [1.807, 2.05) is 30.3 Å². The van der Waals surface area contributed by atoms with Gasteiger partial charge in [0.05, 0.1) is 5.56 Å². The highest BCUT2D eigenvalue weighted by molar-refractivity contribution is 5.96. The summed E-state index contributed by atoms with van der Waals surface area (Å²) in [5, 5.41) is 12.2. The molecule has 0 aliphatic heterocycles. The van der Waals surface area contributed by atoms with Gasteiger partial charge in [-0.1, -0.05) is 30.3 Å². The lowest BCUT2D eigenvalue weighted by atomic mass is 10.0. The van der Waals surface area contributed by atoms with Crippen molar-refractivity contribution in [1.29, 1.82) is 0 Å². The number of nitrogens with two attached hydrogens (primary N) is 1. The van der Waals surface area contributed by atoms with Crippen molar-refractivity contribution in [2.45, 2.75) is 12.5 Å². The van der Waals surface area contributed by atoms with E-state index >= 15 is 0 Å². The molecular formula is C16H17FN2O2. The zero-order chi connectivity index (χ0) is 15.2. The number of rotatable bonds is 5. The van der Waals surface area contributed by atoms with Gasteiger partial charge in [-0.15, -0.1) is 0 Å². The summed E-state index contributed by atoms with van der Waals surface area (Å²) < 4.78 is 12.8. The molecule has 5 heteroatoms. The maximum Gasteiger partial charge on any atom is 0.255 e. The minimum absolute atomic E-state index is 0.0460. The second-order valence-corrected chi connectivity index (χ2v) is 4.72. The third kappa shape index (κ3) is 4.03. The summed E-state index contributed by atoms with van der Waals surface area (Å²) in [4.78, 5) is 11.9. The largest absolute Gasteiger partial charge is 0.507 e. The van der Waals surface area contributed by atoms with Crippen LogP contribution in [0.15, 0.2) is 48.5 Å². The number of amides is 1. The van der Waals surface area contributed by atoms with E-state index in [2.05, 4.69) is 5.32 Å². The number of phenolic OH excluding ortho intramolecular Hbond substituents is 1. The number of halogens is 1. The van der Waals surface area contributed by atoms with Crippen molar-refractivity contribution in [2.24, 2.45) is 5.73 Å². The topological polar surface area (TPSA) is 75.3 Å². The summed E-state index contributed by atoms with van der Waals surface area (Å²) in [6.45, 7) is 0.367. The van der Waals surface area contributed by atoms with Gasteiger partial charge < -0.3 is 16.2 Å². The lowest BCUT2D eigenvalue weighted by Gasteiger charge is -2.13. The summed E-state index contributed by atoms with van der Waals surface area (Å²) in [5.41, 5.74) is 7.06. The molecule has 0 radical (unpaired) electrons. The molecule has 1 unspecified atom stereocenters. The third-order valence-electron chi connectivity index (χ3n) is 3.17. The predicted molar refractivity (Wildman–Crippen MR) is 78.4 cm³/mol. The van der Waals surface area contributed by atoms with Crippen molar-refractivity contribution < 1.29 is 14.3 Å². The van der Waals surface area contributed by atoms with Crippen LogP contribution >= 0.6 is 0 Å². The normalized spacial score (nSPS) is 11.9. The number of hydrogen-bond acceptors (Lipinski definition) is 3. The highest BCUT2D eigenvalue weighted by Crippen LogP contribution is 2.18. The molecule has 0 bridgehead atoms. The second kappa shape index (κ2) is 6.85. The van der Waals surface area contributed by atoms with Crippen LogP contribution < -0.4 is 11.1 Å². The molecule has 1 atom stereocenters. The van der Waals surface area contributed by atoms with Crippen LogP contribution in [0.5, 0.6) is 5.75 Å². The molecule has 2 aromatic carbocycles. The van der Waals surface area contributed by atoms with Gasteiger partial charge in [-0.05, 0) is 24.1 Å². The van der Waals surface area contributed by atoms with Crippen LogP contribution in [0.25, 0.3) is 0 Å². The maximum absolute atomic E-state index is 12.8. The second-order valence-electron chi connectivity index (χ2n) is 4.72. The molecule has 0 spiro atoms. The highest BCUT2D eigenvalue weighted by Gasteiger charge is 2.12. The standard InChI is InChI=1S/C16H17FN2O2/c17-12-6-7-13(15(20)10-12)16(21)19-9-8-14(18)11-4-2-1-3-5-11/h1-7,10,14,20H,8-9,18H2,(H,19,21). The van der Waals surface area contributed by atoms with E-state index in [4.69, 9.17) is 5.73 Å². The fourth-order valence-corrected chi connectivity index (χ4v) is 2.00. The Morgan fingerprint density at radius 2 is 1.95 bits per heavy atom. The molecule has 0 fully saturated rings. The number of benzene rings is 2. The fraction of sp³-hybridized carbons (Fsp3) is 0.188. The molecule has 0 aliphatic rings. The molecule has 1 amide bonds. The molecule has 21 heavy (non-hydrogen) atoms. The monoisotopic (exact) mass is 288 g/mol. The van der Waals surface area contributed by atoms with Crippen LogP contribution in [-0.2, 0) is 0 Å². The van der Waals surface area contributed by atoms with E-state index in [0.717, 1.165) is 17.7 Å². The molecule has 0 heterocycles. The van der Waals surface area contributed by atoms with Gasteiger partial charge in [0.1, 0.15) is 11.6 Å². The Hall–Kier alpha value is -2.40. The van der Waals surface area contributed by atoms with E-state index < -0.39 is 11.7 Å². The average molecular weight is 288 g/mol. The molecule has 2 aromatic rings. The van der Waals surface area contributed by atoms with Crippen LogP contribution in [0, 0.1) is 5.82 Å². The van der Waals surface area contributed by atoms with Gasteiger partial charge in [-0.3, -0.25) is 4.79 Å². The van der Waals surface area contributed by atoms with Crippen molar-refractivity contribution >= 4 is 5.91 Å². The van der Waals surface area contributed by atoms with E-state index in [1.165, 1.54) is 6.07 Å². The number of carbonyl (C=O) groups excluding carboxylic acids is 1. The molecule has 4 nitrogen and oxygen atoms in total.